The van der Waals surface area contributed by atoms with E-state index in [1.54, 1.807) is 0 Å². The molecule has 6 aromatic rings. The zero-order chi connectivity index (χ0) is 33.5. The fraction of sp³-hybridized carbons (Fsp3) is 0.250. The highest BCUT2D eigenvalue weighted by Gasteiger charge is 2.23. The summed E-state index contributed by atoms with van der Waals surface area (Å²) in [5.41, 5.74) is 6.55. The Labute approximate surface area is 295 Å². The number of nitrogens with zero attached hydrogens (tertiary/aromatic N) is 2. The van der Waals surface area contributed by atoms with Gasteiger partial charge in [-0.25, -0.2) is 9.49 Å². The van der Waals surface area contributed by atoms with Crippen LogP contribution < -0.4 is 18.9 Å². The zero-order valence-electron chi connectivity index (χ0n) is 27.5. The molecule has 2 aliphatic rings. The first kappa shape index (κ1) is 32.6. The van der Waals surface area contributed by atoms with Gasteiger partial charge in [-0.2, -0.15) is 0 Å². The molecule has 4 aromatic carbocycles. The Morgan fingerprint density at radius 3 is 1.18 bits per heavy atom. The molecule has 0 spiro atoms. The summed E-state index contributed by atoms with van der Waals surface area (Å²) in [5, 5.41) is 2.46. The number of rotatable bonds is 17. The summed E-state index contributed by atoms with van der Waals surface area (Å²) in [5.74, 6) is 3.46. The largest absolute Gasteiger partial charge is 0.494 e. The van der Waals surface area contributed by atoms with Gasteiger partial charge in [0.1, 0.15) is 48.4 Å². The molecule has 0 radical (unpaired) electrons. The average molecular weight is 705 g/mol. The Morgan fingerprint density at radius 1 is 0.480 bits per heavy atom. The highest BCUT2D eigenvalue weighted by atomic mass is 31.0. The molecule has 4 unspecified atom stereocenters. The lowest BCUT2D eigenvalue weighted by Crippen LogP contribution is -2.03. The first-order valence-electron chi connectivity index (χ1n) is 17.0. The maximum absolute atomic E-state index is 6.01. The van der Waals surface area contributed by atoms with Gasteiger partial charge >= 0.3 is 0 Å². The molecule has 2 saturated heterocycles. The predicted octanol–water partition coefficient (Wildman–Crippen LogP) is 9.00. The molecular weight excluding hydrogens is 666 g/mol. The van der Waals surface area contributed by atoms with E-state index in [0.29, 0.717) is 43.1 Å². The second-order valence-corrected chi connectivity index (χ2v) is 14.3. The molecule has 8 nitrogen and oxygen atoms in total. The lowest BCUT2D eigenvalue weighted by molar-refractivity contribution is 0.263. The third-order valence-electron chi connectivity index (χ3n) is 8.54. The van der Waals surface area contributed by atoms with Crippen LogP contribution in [0.1, 0.15) is 12.8 Å². The van der Waals surface area contributed by atoms with E-state index in [2.05, 4.69) is 60.7 Å². The van der Waals surface area contributed by atoms with Crippen LogP contribution in [0, 0.1) is 0 Å². The van der Waals surface area contributed by atoms with Crippen molar-refractivity contribution in [3.8, 4) is 67.2 Å². The van der Waals surface area contributed by atoms with E-state index in [1.165, 1.54) is 21.7 Å². The summed E-state index contributed by atoms with van der Waals surface area (Å²) < 4.78 is 43.5. The maximum Gasteiger partial charge on any atom is 0.119 e. The Kier molecular flexibility index (Phi) is 10.1. The molecule has 0 bridgehead atoms. The number of aromatic nitrogens is 2. The molecule has 2 aromatic heterocycles. The summed E-state index contributed by atoms with van der Waals surface area (Å²) in [6, 6.07) is 37.2. The predicted molar refractivity (Wildman–Crippen MR) is 200 cm³/mol. The minimum absolute atomic E-state index is 0.254. The first-order valence-corrected chi connectivity index (χ1v) is 18.9. The molecule has 0 amide bonds. The quantitative estimate of drug-likeness (QED) is 0.0687. The van der Waals surface area contributed by atoms with E-state index in [9.17, 15) is 0 Å². The Hall–Kier alpha value is -4.58. The van der Waals surface area contributed by atoms with Crippen LogP contribution in [-0.2, 0) is 9.47 Å². The van der Waals surface area contributed by atoms with E-state index >= 15 is 0 Å². The van der Waals surface area contributed by atoms with Gasteiger partial charge in [-0.05, 0) is 126 Å². The van der Waals surface area contributed by atoms with Crippen LogP contribution in [-0.4, -0.2) is 61.3 Å². The van der Waals surface area contributed by atoms with Gasteiger partial charge in [-0.15, -0.1) is 0 Å². The van der Waals surface area contributed by atoms with Crippen molar-refractivity contribution in [1.29, 1.82) is 0 Å². The number of hydrogen-bond acceptors (Lipinski definition) is 8. The molecule has 2 aliphatic heterocycles. The molecule has 0 aliphatic carbocycles. The average Bonchev–Trinajstić information content (AvgIpc) is 4.08. The van der Waals surface area contributed by atoms with Gasteiger partial charge in [0.15, 0.2) is 0 Å². The van der Waals surface area contributed by atoms with Crippen molar-refractivity contribution in [2.24, 2.45) is 0 Å². The van der Waals surface area contributed by atoms with Gasteiger partial charge < -0.3 is 28.4 Å². The van der Waals surface area contributed by atoms with E-state index < -0.39 is 0 Å². The molecule has 0 N–H and O–H groups in total. The fourth-order valence-electron chi connectivity index (χ4n) is 5.43. The highest BCUT2D eigenvalue weighted by Crippen LogP contribution is 2.36. The zero-order valence-corrected chi connectivity index (χ0v) is 29.5. The SMILES string of the molecule is c1cc(-c2cc(-c3ccc(OCC4CO4)cc3)[pH]n2)ccc1OCCCCOc1ccc(-c2cc(-c3ccc(OCC4CO4)cc3)n[pH]2)cc1. The Bertz CT molecular complexity index is 1820. The van der Waals surface area contributed by atoms with E-state index in [4.69, 9.17) is 37.9 Å². The topological polar surface area (TPSA) is 87.8 Å². The maximum atomic E-state index is 6.01. The van der Waals surface area contributed by atoms with E-state index in [-0.39, 0.29) is 12.2 Å². The summed E-state index contributed by atoms with van der Waals surface area (Å²) in [6.07, 6.45) is 2.33. The van der Waals surface area contributed by atoms with Gasteiger partial charge in [0, 0.05) is 21.7 Å². The fourth-order valence-corrected chi connectivity index (χ4v) is 7.29. The third kappa shape index (κ3) is 8.76. The Balaban J connectivity index is 0.741. The molecule has 10 heteroatoms. The van der Waals surface area contributed by atoms with Crippen molar-refractivity contribution < 1.29 is 28.4 Å². The summed E-state index contributed by atoms with van der Waals surface area (Å²) in [7, 11) is 0.797. The molecular formula is C40H38N2O6P2. The molecule has 4 heterocycles. The number of epoxide rings is 2. The van der Waals surface area contributed by atoms with Crippen molar-refractivity contribution in [1.82, 2.24) is 9.49 Å². The van der Waals surface area contributed by atoms with Gasteiger partial charge in [-0.3, -0.25) is 0 Å². The molecule has 0 saturated carbocycles. The highest BCUT2D eigenvalue weighted by molar-refractivity contribution is 7.30. The summed E-state index contributed by atoms with van der Waals surface area (Å²) in [4.78, 5) is 0. The minimum atomic E-state index is 0.254. The van der Waals surface area contributed by atoms with Crippen LogP contribution in [0.15, 0.2) is 109 Å². The van der Waals surface area contributed by atoms with Crippen LogP contribution in [0.2, 0.25) is 0 Å². The van der Waals surface area contributed by atoms with Crippen LogP contribution in [0.4, 0.5) is 0 Å². The first-order chi connectivity index (χ1) is 24.7. The second-order valence-electron chi connectivity index (χ2n) is 12.4. The number of unbranched alkanes of at least 4 members (excludes halogenated alkanes) is 1. The summed E-state index contributed by atoms with van der Waals surface area (Å²) >= 11 is 0. The minimum Gasteiger partial charge on any atom is -0.494 e. The number of ether oxygens (including phenoxy) is 6. The van der Waals surface area contributed by atoms with Crippen LogP contribution in [0.5, 0.6) is 23.0 Å². The van der Waals surface area contributed by atoms with Crippen LogP contribution in [0.25, 0.3) is 44.2 Å². The number of benzene rings is 4. The monoisotopic (exact) mass is 704 g/mol. The van der Waals surface area contributed by atoms with Gasteiger partial charge in [0.05, 0.1) is 37.8 Å². The van der Waals surface area contributed by atoms with Crippen LogP contribution in [0.3, 0.4) is 0 Å². The smallest absolute Gasteiger partial charge is 0.119 e. The van der Waals surface area contributed by atoms with Crippen molar-refractivity contribution in [3.63, 3.8) is 0 Å². The van der Waals surface area contributed by atoms with E-state index in [0.717, 1.165) is 71.6 Å². The molecule has 50 heavy (non-hydrogen) atoms. The van der Waals surface area contributed by atoms with Crippen molar-refractivity contribution in [3.05, 3.63) is 109 Å². The van der Waals surface area contributed by atoms with Gasteiger partial charge in [0.2, 0.25) is 0 Å². The number of hydrogen-bond donors (Lipinski definition) is 0. The molecule has 2 fully saturated rings. The van der Waals surface area contributed by atoms with Gasteiger partial charge in [0.25, 0.3) is 0 Å². The van der Waals surface area contributed by atoms with Crippen molar-refractivity contribution in [2.45, 2.75) is 25.0 Å². The standard InChI is InChI=1S/C40H38N2O6P2/c1(19-43-31-11-3-27(4-12-31)37-21-40(50-41-37)30-9-17-34(18-10-30)46-24-36-26-48-36)2-20-44-32-15-7-29(8-16-32)39-22-38(42-49-39)28-5-13-33(14-6-28)45-23-35-25-47-35/h3-18,21-22,35-36,49-50H,1-2,19-20,23-26H2. The third-order valence-corrected chi connectivity index (χ3v) is 10.6. The summed E-state index contributed by atoms with van der Waals surface area (Å²) in [6.45, 7) is 4.11. The normalized spacial score (nSPS) is 16.5. The Morgan fingerprint density at radius 2 is 0.820 bits per heavy atom. The lowest BCUT2D eigenvalue weighted by Gasteiger charge is -2.09. The van der Waals surface area contributed by atoms with Gasteiger partial charge in [-0.1, -0.05) is 24.3 Å². The van der Waals surface area contributed by atoms with Crippen molar-refractivity contribution >= 4 is 16.7 Å². The van der Waals surface area contributed by atoms with Crippen molar-refractivity contribution in [2.75, 3.05) is 39.6 Å². The molecule has 254 valence electrons. The van der Waals surface area contributed by atoms with E-state index in [1.807, 2.05) is 48.5 Å². The molecule has 4 atom stereocenters. The molecule has 8 rings (SSSR count). The lowest BCUT2D eigenvalue weighted by atomic mass is 10.1. The second kappa shape index (κ2) is 15.5. The van der Waals surface area contributed by atoms with Crippen LogP contribution >= 0.6 is 16.7 Å².